The van der Waals surface area contributed by atoms with Crippen LogP contribution < -0.4 is 9.31 Å². The topological polar surface area (TPSA) is 18.5 Å². The van der Waals surface area contributed by atoms with Crippen LogP contribution in [0.2, 0.25) is 0 Å². The molecule has 0 aromatic heterocycles. The predicted molar refractivity (Wildman–Crippen MR) is 77.2 cm³/mol. The molecule has 2 rings (SSSR count). The number of fused-ring (bicyclic) bond motifs is 1. The Bertz CT molecular complexity index is 335. The third-order valence-electron chi connectivity index (χ3n) is 2.44. The van der Waals surface area contributed by atoms with Crippen molar-refractivity contribution in [2.24, 2.45) is 5.92 Å². The van der Waals surface area contributed by atoms with Gasteiger partial charge in [-0.15, -0.1) is 0 Å². The monoisotopic (exact) mass is 410 g/mol. The van der Waals surface area contributed by atoms with E-state index in [9.17, 15) is 0 Å². The van der Waals surface area contributed by atoms with Gasteiger partial charge in [0.2, 0.25) is 0 Å². The van der Waals surface area contributed by atoms with Crippen LogP contribution in [-0.2, 0) is 0 Å². The Balaban J connectivity index is 2.05. The summed E-state index contributed by atoms with van der Waals surface area (Å²) in [5, 5.41) is 1.79. The van der Waals surface area contributed by atoms with Gasteiger partial charge in [-0.05, 0) is 18.1 Å². The van der Waals surface area contributed by atoms with Gasteiger partial charge in [0.25, 0.3) is 0 Å². The van der Waals surface area contributed by atoms with E-state index in [0.29, 0.717) is 5.92 Å². The largest absolute Gasteiger partial charge is 0.609 e. The highest BCUT2D eigenvalue weighted by atomic mass is 79.9. The minimum atomic E-state index is -0.252. The fourth-order valence-electron chi connectivity index (χ4n) is 1.48. The summed E-state index contributed by atoms with van der Waals surface area (Å²) in [7, 11) is -0.252. The van der Waals surface area contributed by atoms with E-state index in [1.54, 1.807) is 0 Å². The first-order valence-corrected chi connectivity index (χ1v) is 8.10. The number of hydrogen-bond acceptors (Lipinski definition) is 2. The molecule has 6 heteroatoms. The quantitative estimate of drug-likeness (QED) is 0.555. The average Bonchev–Trinajstić information content (AvgIpc) is 2.74. The summed E-state index contributed by atoms with van der Waals surface area (Å²) in [6.45, 7) is 0. The summed E-state index contributed by atoms with van der Waals surface area (Å²) in [6, 6.07) is 7.74. The second-order valence-corrected chi connectivity index (χ2v) is 5.92. The smallest absolute Gasteiger partial charge is 0.522 e. The number of alkyl halides is 3. The highest BCUT2D eigenvalue weighted by molar-refractivity contribution is 9.10. The number of hydrogen-bond donors (Lipinski definition) is 0. The standard InChI is InChI=1S/C10H10BBr3O2/c12-5-7(6-13)10(14)11-15-8-3-1-2-4-9(8)16-11/h1-4,7,10H,5-6H2. The van der Waals surface area contributed by atoms with E-state index in [4.69, 9.17) is 9.31 Å². The number of halogens is 3. The van der Waals surface area contributed by atoms with E-state index in [1.165, 1.54) is 0 Å². The Morgan fingerprint density at radius 3 is 2.00 bits per heavy atom. The molecule has 0 bridgehead atoms. The van der Waals surface area contributed by atoms with Crippen molar-refractivity contribution in [3.8, 4) is 11.5 Å². The lowest BCUT2D eigenvalue weighted by molar-refractivity contribution is 0.477. The predicted octanol–water partition coefficient (Wildman–Crippen LogP) is 3.65. The molecule has 0 spiro atoms. The molecule has 0 saturated carbocycles. The zero-order valence-electron chi connectivity index (χ0n) is 8.41. The molecule has 0 N–H and O–H groups in total. The van der Waals surface area contributed by atoms with Crippen molar-refractivity contribution in [2.75, 3.05) is 10.7 Å². The molecule has 0 saturated heterocycles. The van der Waals surface area contributed by atoms with Gasteiger partial charge < -0.3 is 9.31 Å². The normalized spacial score (nSPS) is 15.6. The van der Waals surface area contributed by atoms with E-state index in [0.717, 1.165) is 22.2 Å². The molecule has 1 heterocycles. The molecule has 1 unspecified atom stereocenters. The molecule has 1 aliphatic rings. The SMILES string of the molecule is BrCC(CBr)C(Br)B1Oc2ccccc2O1. The lowest BCUT2D eigenvalue weighted by Gasteiger charge is -2.18. The molecule has 1 atom stereocenters. The second-order valence-electron chi connectivity index (χ2n) is 3.56. The Hall–Kier alpha value is 0.325. The van der Waals surface area contributed by atoms with Crippen LogP contribution in [-0.4, -0.2) is 22.5 Å². The molecule has 0 aliphatic carbocycles. The molecule has 0 amide bonds. The highest BCUT2D eigenvalue weighted by Crippen LogP contribution is 2.36. The number of para-hydroxylation sites is 2. The molecule has 1 aliphatic heterocycles. The van der Waals surface area contributed by atoms with Crippen molar-refractivity contribution < 1.29 is 9.31 Å². The Morgan fingerprint density at radius 1 is 1.06 bits per heavy atom. The zero-order chi connectivity index (χ0) is 11.5. The van der Waals surface area contributed by atoms with E-state index in [1.807, 2.05) is 24.3 Å². The summed E-state index contributed by atoms with van der Waals surface area (Å²) in [4.78, 5) is 0. The van der Waals surface area contributed by atoms with Crippen molar-refractivity contribution in [3.63, 3.8) is 0 Å². The van der Waals surface area contributed by atoms with Crippen LogP contribution in [0.1, 0.15) is 0 Å². The lowest BCUT2D eigenvalue weighted by atomic mass is 9.78. The Labute approximate surface area is 121 Å². The molecule has 1 aromatic rings. The summed E-state index contributed by atoms with van der Waals surface area (Å²) < 4.78 is 11.6. The molecule has 0 fully saturated rings. The van der Waals surface area contributed by atoms with Crippen LogP contribution in [0.15, 0.2) is 24.3 Å². The number of rotatable bonds is 4. The first kappa shape index (κ1) is 12.8. The van der Waals surface area contributed by atoms with Gasteiger partial charge >= 0.3 is 7.12 Å². The third-order valence-corrected chi connectivity index (χ3v) is 5.28. The van der Waals surface area contributed by atoms with E-state index in [2.05, 4.69) is 47.8 Å². The van der Waals surface area contributed by atoms with Gasteiger partial charge in [-0.25, -0.2) is 0 Å². The summed E-state index contributed by atoms with van der Waals surface area (Å²) in [6.07, 6.45) is 0. The third kappa shape index (κ3) is 2.59. The van der Waals surface area contributed by atoms with Crippen molar-refractivity contribution in [1.82, 2.24) is 0 Å². The van der Waals surface area contributed by atoms with Gasteiger partial charge in [0, 0.05) is 10.7 Å². The first-order valence-electron chi connectivity index (χ1n) is 4.94. The van der Waals surface area contributed by atoms with Gasteiger partial charge in [0.05, 0.1) is 4.73 Å². The zero-order valence-corrected chi connectivity index (χ0v) is 13.2. The van der Waals surface area contributed by atoms with Crippen LogP contribution in [0.5, 0.6) is 11.5 Å². The maximum absolute atomic E-state index is 5.74. The highest BCUT2D eigenvalue weighted by Gasteiger charge is 2.42. The Morgan fingerprint density at radius 2 is 1.56 bits per heavy atom. The Kier molecular flexibility index (Phi) is 4.61. The van der Waals surface area contributed by atoms with Crippen LogP contribution in [0.3, 0.4) is 0 Å². The van der Waals surface area contributed by atoms with E-state index in [-0.39, 0.29) is 11.8 Å². The summed E-state index contributed by atoms with van der Waals surface area (Å²) in [5.74, 6) is 2.05. The van der Waals surface area contributed by atoms with Crippen LogP contribution in [0, 0.1) is 5.92 Å². The molecule has 86 valence electrons. The van der Waals surface area contributed by atoms with Crippen molar-refractivity contribution in [1.29, 1.82) is 0 Å². The lowest BCUT2D eigenvalue weighted by Crippen LogP contribution is -2.41. The van der Waals surface area contributed by atoms with Gasteiger partial charge in [-0.1, -0.05) is 59.9 Å². The number of benzene rings is 1. The molecule has 2 nitrogen and oxygen atoms in total. The fourth-order valence-corrected chi connectivity index (χ4v) is 4.95. The van der Waals surface area contributed by atoms with Crippen molar-refractivity contribution >= 4 is 54.9 Å². The average molecular weight is 413 g/mol. The summed E-state index contributed by atoms with van der Waals surface area (Å²) in [5.41, 5.74) is 0. The minimum Gasteiger partial charge on any atom is -0.522 e. The van der Waals surface area contributed by atoms with Crippen LogP contribution in [0.4, 0.5) is 0 Å². The molecular weight excluding hydrogens is 403 g/mol. The maximum atomic E-state index is 5.74. The van der Waals surface area contributed by atoms with E-state index >= 15 is 0 Å². The minimum absolute atomic E-state index is 0.152. The summed E-state index contributed by atoms with van der Waals surface area (Å²) >= 11 is 10.6. The second kappa shape index (κ2) is 5.78. The van der Waals surface area contributed by atoms with Gasteiger partial charge in [-0.3, -0.25) is 0 Å². The first-order chi connectivity index (χ1) is 7.76. The van der Waals surface area contributed by atoms with E-state index < -0.39 is 0 Å². The molecule has 0 radical (unpaired) electrons. The van der Waals surface area contributed by atoms with Gasteiger partial charge in [0.15, 0.2) is 0 Å². The molecule has 16 heavy (non-hydrogen) atoms. The van der Waals surface area contributed by atoms with Gasteiger partial charge in [-0.2, -0.15) is 0 Å². The molecule has 1 aromatic carbocycles. The van der Waals surface area contributed by atoms with Crippen molar-refractivity contribution in [3.05, 3.63) is 24.3 Å². The maximum Gasteiger partial charge on any atom is 0.609 e. The fraction of sp³-hybridized carbons (Fsp3) is 0.400. The van der Waals surface area contributed by atoms with Gasteiger partial charge in [0.1, 0.15) is 11.5 Å². The van der Waals surface area contributed by atoms with Crippen LogP contribution >= 0.6 is 47.8 Å². The molecular formula is C10H10BBr3O2. The van der Waals surface area contributed by atoms with Crippen LogP contribution in [0.25, 0.3) is 0 Å². The van der Waals surface area contributed by atoms with Crippen molar-refractivity contribution in [2.45, 2.75) is 4.73 Å².